The standard InChI is InChI=1S/C57H62N2O4S/c1-4-7-10-13-16-17-20-37-35-49(64-36-37)38-23-25-40(26-24-38)59-56(62)47-33-29-43-41-27-31-45-52-46(32-28-42(50(41)52)44-30-34-48(57(59)63)53(47)51(43)44)55(61)58(54(45)60)39(21-18-14-11-8-5-2)22-19-15-12-9-6-3/h23-36,39H,4-22H2,1-3H3. The van der Waals surface area contributed by atoms with Crippen LogP contribution in [0, 0.1) is 0 Å². The Labute approximate surface area is 382 Å². The maximum atomic E-state index is 14.6. The summed E-state index contributed by atoms with van der Waals surface area (Å²) in [4.78, 5) is 62.3. The second-order valence-electron chi connectivity index (χ2n) is 18.5. The van der Waals surface area contributed by atoms with Gasteiger partial charge in [-0.15, -0.1) is 11.3 Å². The van der Waals surface area contributed by atoms with Crippen molar-refractivity contribution in [3.63, 3.8) is 0 Å². The van der Waals surface area contributed by atoms with Crippen molar-refractivity contribution in [2.24, 2.45) is 0 Å². The Hall–Kier alpha value is -5.40. The quantitative estimate of drug-likeness (QED) is 0.0294. The number of imide groups is 2. The summed E-state index contributed by atoms with van der Waals surface area (Å²) >= 11 is 1.74. The average Bonchev–Trinajstić information content (AvgIpc) is 3.79. The van der Waals surface area contributed by atoms with Gasteiger partial charge >= 0.3 is 0 Å². The number of aryl methyl sites for hydroxylation is 1. The summed E-state index contributed by atoms with van der Waals surface area (Å²) in [5, 5.41) is 8.99. The van der Waals surface area contributed by atoms with Gasteiger partial charge in [0, 0.05) is 43.9 Å². The van der Waals surface area contributed by atoms with E-state index in [0.29, 0.717) is 38.7 Å². The topological polar surface area (TPSA) is 74.8 Å². The van der Waals surface area contributed by atoms with Crippen LogP contribution in [0.3, 0.4) is 0 Å². The summed E-state index contributed by atoms with van der Waals surface area (Å²) in [7, 11) is 0. The zero-order valence-electron chi connectivity index (χ0n) is 38.0. The molecule has 0 fully saturated rings. The Balaban J connectivity index is 1.01. The fraction of sp³-hybridized carbons (Fsp3) is 0.404. The predicted molar refractivity (Wildman–Crippen MR) is 267 cm³/mol. The van der Waals surface area contributed by atoms with Gasteiger partial charge in [0.15, 0.2) is 0 Å². The summed E-state index contributed by atoms with van der Waals surface area (Å²) in [5.74, 6) is -1.08. The van der Waals surface area contributed by atoms with E-state index in [2.05, 4.69) is 32.2 Å². The van der Waals surface area contributed by atoms with Gasteiger partial charge < -0.3 is 0 Å². The molecule has 0 spiro atoms. The minimum absolute atomic E-state index is 0.128. The summed E-state index contributed by atoms with van der Waals surface area (Å²) in [5.41, 5.74) is 5.11. The van der Waals surface area contributed by atoms with E-state index >= 15 is 0 Å². The predicted octanol–water partition coefficient (Wildman–Crippen LogP) is 15.9. The number of hydrogen-bond donors (Lipinski definition) is 0. The van der Waals surface area contributed by atoms with Crippen LogP contribution in [0.4, 0.5) is 5.69 Å². The first-order valence-corrected chi connectivity index (χ1v) is 25.4. The zero-order chi connectivity index (χ0) is 44.3. The van der Waals surface area contributed by atoms with Gasteiger partial charge in [-0.25, -0.2) is 4.90 Å². The number of benzene rings is 6. The number of carbonyl (C=O) groups excluding carboxylic acids is 4. The number of nitrogens with zero attached hydrogens (tertiary/aromatic N) is 2. The highest BCUT2D eigenvalue weighted by Crippen LogP contribution is 2.47. The van der Waals surface area contributed by atoms with E-state index in [-0.39, 0.29) is 29.7 Å². The van der Waals surface area contributed by atoms with E-state index in [0.717, 1.165) is 82.8 Å². The monoisotopic (exact) mass is 870 g/mol. The SMILES string of the molecule is CCCCCCCCc1csc(-c2ccc(N3C(=O)c4ccc5c6ccc7c8c(ccc(c9ccc(c4c59)C3=O)c86)C(=O)N(C(CCCCCCC)CCCCCCC)C7=O)cc2)c1. The van der Waals surface area contributed by atoms with Crippen LogP contribution in [0.15, 0.2) is 84.2 Å². The van der Waals surface area contributed by atoms with Gasteiger partial charge in [0.2, 0.25) is 0 Å². The molecular weight excluding hydrogens is 809 g/mol. The molecule has 1 aromatic heterocycles. The van der Waals surface area contributed by atoms with Crippen LogP contribution in [-0.2, 0) is 6.42 Å². The van der Waals surface area contributed by atoms with Crippen molar-refractivity contribution in [1.29, 1.82) is 0 Å². The number of anilines is 1. The first kappa shape index (κ1) is 43.8. The van der Waals surface area contributed by atoms with Crippen LogP contribution in [0.2, 0.25) is 0 Å². The third-order valence-electron chi connectivity index (χ3n) is 14.2. The maximum Gasteiger partial charge on any atom is 0.265 e. The first-order chi connectivity index (χ1) is 31.4. The fourth-order valence-corrected chi connectivity index (χ4v) is 11.7. The van der Waals surface area contributed by atoms with Crippen molar-refractivity contribution in [3.8, 4) is 10.4 Å². The highest BCUT2D eigenvalue weighted by atomic mass is 32.1. The van der Waals surface area contributed by atoms with Crippen molar-refractivity contribution in [3.05, 3.63) is 112 Å². The maximum absolute atomic E-state index is 14.6. The molecule has 0 N–H and O–H groups in total. The minimum Gasteiger partial charge on any atom is -0.271 e. The lowest BCUT2D eigenvalue weighted by atomic mass is 9.82. The second kappa shape index (κ2) is 19.4. The number of unbranched alkanes of at least 4 members (excludes halogenated alkanes) is 13. The number of thiophene rings is 1. The lowest BCUT2D eigenvalue weighted by molar-refractivity contribution is 0.0516. The van der Waals surface area contributed by atoms with Crippen molar-refractivity contribution < 1.29 is 19.2 Å². The number of carbonyl (C=O) groups is 4. The molecule has 0 saturated heterocycles. The molecule has 0 unspecified atom stereocenters. The third kappa shape index (κ3) is 8.03. The van der Waals surface area contributed by atoms with Crippen LogP contribution >= 0.6 is 11.3 Å². The van der Waals surface area contributed by atoms with Gasteiger partial charge in [-0.1, -0.05) is 153 Å². The molecule has 7 aromatic rings. The van der Waals surface area contributed by atoms with Crippen molar-refractivity contribution in [1.82, 2.24) is 4.90 Å². The van der Waals surface area contributed by atoms with Gasteiger partial charge in [0.05, 0.1) is 5.69 Å². The Morgan fingerprint density at radius 3 is 1.34 bits per heavy atom. The molecule has 4 amide bonds. The van der Waals surface area contributed by atoms with E-state index in [1.165, 1.54) is 92.4 Å². The third-order valence-corrected chi connectivity index (χ3v) is 15.2. The highest BCUT2D eigenvalue weighted by molar-refractivity contribution is 7.13. The molecule has 64 heavy (non-hydrogen) atoms. The van der Waals surface area contributed by atoms with E-state index < -0.39 is 0 Å². The van der Waals surface area contributed by atoms with E-state index in [1.54, 1.807) is 16.2 Å². The van der Waals surface area contributed by atoms with Crippen LogP contribution in [0.25, 0.3) is 53.5 Å². The zero-order valence-corrected chi connectivity index (χ0v) is 38.8. The number of rotatable bonds is 22. The molecule has 9 rings (SSSR count). The Morgan fingerprint density at radius 2 is 0.875 bits per heavy atom. The molecule has 7 heteroatoms. The summed E-state index contributed by atoms with van der Waals surface area (Å²) < 4.78 is 0. The smallest absolute Gasteiger partial charge is 0.265 e. The molecule has 2 aliphatic rings. The van der Waals surface area contributed by atoms with Crippen LogP contribution < -0.4 is 4.90 Å². The molecule has 0 bridgehead atoms. The van der Waals surface area contributed by atoms with Crippen LogP contribution in [0.1, 0.15) is 183 Å². The molecule has 2 aliphatic heterocycles. The molecule has 0 atom stereocenters. The van der Waals surface area contributed by atoms with Gasteiger partial charge in [-0.3, -0.25) is 24.1 Å². The van der Waals surface area contributed by atoms with Crippen molar-refractivity contribution in [2.45, 2.75) is 149 Å². The second-order valence-corrected chi connectivity index (χ2v) is 19.4. The average molecular weight is 871 g/mol. The molecule has 6 aromatic carbocycles. The van der Waals surface area contributed by atoms with Crippen molar-refractivity contribution >= 4 is 83.7 Å². The van der Waals surface area contributed by atoms with Gasteiger partial charge in [-0.2, -0.15) is 0 Å². The highest BCUT2D eigenvalue weighted by Gasteiger charge is 2.39. The van der Waals surface area contributed by atoms with E-state index in [1.807, 2.05) is 72.8 Å². The first-order valence-electron chi connectivity index (χ1n) is 24.5. The molecule has 0 radical (unpaired) electrons. The summed E-state index contributed by atoms with van der Waals surface area (Å²) in [6.07, 6.45) is 21.8. The van der Waals surface area contributed by atoms with E-state index in [9.17, 15) is 19.2 Å². The summed E-state index contributed by atoms with van der Waals surface area (Å²) in [6.45, 7) is 6.69. The van der Waals surface area contributed by atoms with Crippen molar-refractivity contribution in [2.75, 3.05) is 4.90 Å². The molecular formula is C57H62N2O4S. The van der Waals surface area contributed by atoms with Gasteiger partial charge in [0.1, 0.15) is 0 Å². The number of fused-ring (bicyclic) bond motifs is 2. The van der Waals surface area contributed by atoms with E-state index in [4.69, 9.17) is 0 Å². The molecule has 3 heterocycles. The minimum atomic E-state index is -0.344. The molecule has 330 valence electrons. The Bertz CT molecular complexity index is 2720. The number of amides is 4. The fourth-order valence-electron chi connectivity index (χ4n) is 10.8. The number of hydrogen-bond acceptors (Lipinski definition) is 5. The van der Waals surface area contributed by atoms with Gasteiger partial charge in [0.25, 0.3) is 23.6 Å². The Kier molecular flexibility index (Phi) is 13.3. The molecule has 0 saturated carbocycles. The van der Waals surface area contributed by atoms with Crippen LogP contribution in [0.5, 0.6) is 0 Å². The largest absolute Gasteiger partial charge is 0.271 e. The molecule has 6 nitrogen and oxygen atoms in total. The van der Waals surface area contributed by atoms with Gasteiger partial charge in [-0.05, 0) is 117 Å². The molecule has 0 aliphatic carbocycles. The summed E-state index contributed by atoms with van der Waals surface area (Å²) in [6, 6.07) is 25.4. The Morgan fingerprint density at radius 1 is 0.453 bits per heavy atom. The lowest BCUT2D eigenvalue weighted by Crippen LogP contribution is -2.47. The normalized spacial score (nSPS) is 14.0. The lowest BCUT2D eigenvalue weighted by Gasteiger charge is -2.35. The van der Waals surface area contributed by atoms with Crippen LogP contribution in [-0.4, -0.2) is 34.6 Å².